The number of rotatable bonds is 4. The van der Waals surface area contributed by atoms with Crippen LogP contribution in [0, 0.1) is 6.92 Å². The second-order valence-electron chi connectivity index (χ2n) is 4.05. The normalized spacial score (nSPS) is 12.6. The zero-order chi connectivity index (χ0) is 12.3. The first-order chi connectivity index (χ1) is 8.20. The molecule has 0 saturated heterocycles. The number of benzene rings is 1. The van der Waals surface area contributed by atoms with Crippen LogP contribution in [0.5, 0.6) is 0 Å². The first-order valence-corrected chi connectivity index (χ1v) is 6.60. The summed E-state index contributed by atoms with van der Waals surface area (Å²) < 4.78 is 1.80. The number of aromatic nitrogens is 4. The van der Waals surface area contributed by atoms with Crippen molar-refractivity contribution in [3.05, 3.63) is 29.8 Å². The molecule has 4 nitrogen and oxygen atoms in total. The van der Waals surface area contributed by atoms with Crippen LogP contribution in [0.25, 0.3) is 5.69 Å². The van der Waals surface area contributed by atoms with E-state index < -0.39 is 0 Å². The maximum Gasteiger partial charge on any atom is 0.214 e. The summed E-state index contributed by atoms with van der Waals surface area (Å²) in [6.45, 7) is 6.41. The Morgan fingerprint density at radius 3 is 2.94 bits per heavy atom. The van der Waals surface area contributed by atoms with E-state index in [1.807, 2.05) is 12.1 Å². The SMILES string of the molecule is CCC(C)Sc1nnnn1-c1cccc(C)c1. The van der Waals surface area contributed by atoms with Crippen LogP contribution in [0.3, 0.4) is 0 Å². The number of hydrogen-bond donors (Lipinski definition) is 0. The highest BCUT2D eigenvalue weighted by molar-refractivity contribution is 7.99. The molecule has 2 aromatic rings. The molecule has 0 fully saturated rings. The molecule has 0 N–H and O–H groups in total. The van der Waals surface area contributed by atoms with Gasteiger partial charge in [-0.05, 0) is 41.5 Å². The standard InChI is InChI=1S/C12H16N4S/c1-4-10(3)17-12-13-14-15-16(12)11-7-5-6-9(2)8-11/h5-8,10H,4H2,1-3H3. The summed E-state index contributed by atoms with van der Waals surface area (Å²) >= 11 is 1.70. The summed E-state index contributed by atoms with van der Waals surface area (Å²) in [5.41, 5.74) is 2.22. The summed E-state index contributed by atoms with van der Waals surface area (Å²) in [4.78, 5) is 0. The van der Waals surface area contributed by atoms with Gasteiger partial charge in [0, 0.05) is 5.25 Å². The van der Waals surface area contributed by atoms with Gasteiger partial charge in [-0.3, -0.25) is 0 Å². The Kier molecular flexibility index (Phi) is 3.78. The van der Waals surface area contributed by atoms with E-state index in [2.05, 4.69) is 48.4 Å². The van der Waals surface area contributed by atoms with Gasteiger partial charge in [0.15, 0.2) is 0 Å². The van der Waals surface area contributed by atoms with Crippen molar-refractivity contribution in [1.29, 1.82) is 0 Å². The van der Waals surface area contributed by atoms with Gasteiger partial charge in [-0.2, -0.15) is 4.68 Å². The van der Waals surface area contributed by atoms with Crippen LogP contribution in [0.15, 0.2) is 29.4 Å². The maximum atomic E-state index is 4.07. The molecule has 2 rings (SSSR count). The average molecular weight is 248 g/mol. The third-order valence-corrected chi connectivity index (χ3v) is 3.77. The highest BCUT2D eigenvalue weighted by Crippen LogP contribution is 2.24. The fourth-order valence-electron chi connectivity index (χ4n) is 1.44. The van der Waals surface area contributed by atoms with Crippen LogP contribution >= 0.6 is 11.8 Å². The Labute approximate surface area is 105 Å². The molecule has 1 unspecified atom stereocenters. The monoisotopic (exact) mass is 248 g/mol. The Hall–Kier alpha value is -1.36. The molecular formula is C12H16N4S. The van der Waals surface area contributed by atoms with Crippen LogP contribution in [-0.2, 0) is 0 Å². The van der Waals surface area contributed by atoms with E-state index in [0.29, 0.717) is 5.25 Å². The number of thioether (sulfide) groups is 1. The second-order valence-corrected chi connectivity index (χ2v) is 5.45. The first-order valence-electron chi connectivity index (χ1n) is 5.72. The van der Waals surface area contributed by atoms with Crippen LogP contribution in [-0.4, -0.2) is 25.5 Å². The summed E-state index contributed by atoms with van der Waals surface area (Å²) in [7, 11) is 0. The van der Waals surface area contributed by atoms with Crippen molar-refractivity contribution in [3.63, 3.8) is 0 Å². The van der Waals surface area contributed by atoms with Gasteiger partial charge in [0.05, 0.1) is 5.69 Å². The fourth-order valence-corrected chi connectivity index (χ4v) is 2.29. The maximum absolute atomic E-state index is 4.07. The van der Waals surface area contributed by atoms with Gasteiger partial charge >= 0.3 is 0 Å². The molecule has 0 aliphatic heterocycles. The van der Waals surface area contributed by atoms with Crippen LogP contribution in [0.2, 0.25) is 0 Å². The Bertz CT molecular complexity index is 495. The molecule has 1 aromatic heterocycles. The van der Waals surface area contributed by atoms with E-state index in [1.165, 1.54) is 5.56 Å². The molecule has 0 amide bonds. The van der Waals surface area contributed by atoms with E-state index in [9.17, 15) is 0 Å². The molecule has 1 atom stereocenters. The second kappa shape index (κ2) is 5.31. The number of tetrazole rings is 1. The lowest BCUT2D eigenvalue weighted by molar-refractivity contribution is 0.752. The number of nitrogens with zero attached hydrogens (tertiary/aromatic N) is 4. The van der Waals surface area contributed by atoms with Crippen LogP contribution < -0.4 is 0 Å². The third-order valence-electron chi connectivity index (χ3n) is 2.57. The van der Waals surface area contributed by atoms with Gasteiger partial charge in [-0.15, -0.1) is 5.10 Å². The van der Waals surface area contributed by atoms with Gasteiger partial charge < -0.3 is 0 Å². The van der Waals surface area contributed by atoms with Crippen molar-refractivity contribution < 1.29 is 0 Å². The smallest absolute Gasteiger partial charge is 0.187 e. The van der Waals surface area contributed by atoms with Crippen molar-refractivity contribution in [2.45, 2.75) is 37.6 Å². The van der Waals surface area contributed by atoms with E-state index >= 15 is 0 Å². The molecule has 17 heavy (non-hydrogen) atoms. The van der Waals surface area contributed by atoms with Gasteiger partial charge in [0.1, 0.15) is 0 Å². The minimum atomic E-state index is 0.518. The predicted octanol–water partition coefficient (Wildman–Crippen LogP) is 2.86. The lowest BCUT2D eigenvalue weighted by Crippen LogP contribution is -2.02. The van der Waals surface area contributed by atoms with E-state index in [0.717, 1.165) is 17.3 Å². The fraction of sp³-hybridized carbons (Fsp3) is 0.417. The molecule has 90 valence electrons. The van der Waals surface area contributed by atoms with E-state index in [4.69, 9.17) is 0 Å². The average Bonchev–Trinajstić information content (AvgIpc) is 2.77. The summed E-state index contributed by atoms with van der Waals surface area (Å²) in [6.07, 6.45) is 1.10. The van der Waals surface area contributed by atoms with Crippen molar-refractivity contribution in [3.8, 4) is 5.69 Å². The largest absolute Gasteiger partial charge is 0.214 e. The Morgan fingerprint density at radius 2 is 2.24 bits per heavy atom. The highest BCUT2D eigenvalue weighted by atomic mass is 32.2. The van der Waals surface area contributed by atoms with Gasteiger partial charge in [0.2, 0.25) is 5.16 Å². The van der Waals surface area contributed by atoms with Crippen molar-refractivity contribution >= 4 is 11.8 Å². The molecule has 0 radical (unpaired) electrons. The summed E-state index contributed by atoms with van der Waals surface area (Å²) in [6, 6.07) is 8.18. The van der Waals surface area contributed by atoms with Crippen molar-refractivity contribution in [2.24, 2.45) is 0 Å². The topological polar surface area (TPSA) is 43.6 Å². The molecule has 1 heterocycles. The van der Waals surface area contributed by atoms with Gasteiger partial charge in [-0.1, -0.05) is 37.7 Å². The van der Waals surface area contributed by atoms with E-state index in [-0.39, 0.29) is 0 Å². The van der Waals surface area contributed by atoms with Crippen LogP contribution in [0.1, 0.15) is 25.8 Å². The molecule has 0 aliphatic carbocycles. The zero-order valence-corrected chi connectivity index (χ0v) is 11.1. The minimum Gasteiger partial charge on any atom is -0.187 e. The third kappa shape index (κ3) is 2.85. The molecule has 0 spiro atoms. The zero-order valence-electron chi connectivity index (χ0n) is 10.3. The van der Waals surface area contributed by atoms with E-state index in [1.54, 1.807) is 16.4 Å². The Balaban J connectivity index is 2.30. The summed E-state index contributed by atoms with van der Waals surface area (Å²) in [5.74, 6) is 0. The Morgan fingerprint density at radius 1 is 1.41 bits per heavy atom. The van der Waals surface area contributed by atoms with Gasteiger partial charge in [-0.25, -0.2) is 0 Å². The minimum absolute atomic E-state index is 0.518. The molecule has 0 saturated carbocycles. The first kappa shape index (κ1) is 12.1. The molecule has 0 bridgehead atoms. The van der Waals surface area contributed by atoms with Crippen molar-refractivity contribution in [2.75, 3.05) is 0 Å². The molecular weight excluding hydrogens is 232 g/mol. The lowest BCUT2D eigenvalue weighted by Gasteiger charge is -2.08. The van der Waals surface area contributed by atoms with Gasteiger partial charge in [0.25, 0.3) is 0 Å². The molecule has 1 aromatic carbocycles. The van der Waals surface area contributed by atoms with Crippen molar-refractivity contribution in [1.82, 2.24) is 20.2 Å². The molecule has 5 heteroatoms. The number of hydrogen-bond acceptors (Lipinski definition) is 4. The summed E-state index contributed by atoms with van der Waals surface area (Å²) in [5, 5.41) is 13.3. The highest BCUT2D eigenvalue weighted by Gasteiger charge is 2.11. The number of aryl methyl sites for hydroxylation is 1. The lowest BCUT2D eigenvalue weighted by atomic mass is 10.2. The molecule has 0 aliphatic rings. The quantitative estimate of drug-likeness (QED) is 0.780. The van der Waals surface area contributed by atoms with Crippen LogP contribution in [0.4, 0.5) is 0 Å². The predicted molar refractivity (Wildman–Crippen MR) is 69.5 cm³/mol.